The number of nitriles is 1. The van der Waals surface area contributed by atoms with E-state index in [-0.39, 0.29) is 6.03 Å². The normalized spacial score (nSPS) is 19.7. The van der Waals surface area contributed by atoms with E-state index in [1.165, 1.54) is 12.8 Å². The van der Waals surface area contributed by atoms with Crippen LogP contribution in [0.1, 0.15) is 50.7 Å². The summed E-state index contributed by atoms with van der Waals surface area (Å²) in [5.41, 5.74) is 2.34. The molecule has 0 N–H and O–H groups in total. The number of nitrogens with zero attached hydrogens (tertiary/aromatic N) is 4. The van der Waals surface area contributed by atoms with Gasteiger partial charge in [0.25, 0.3) is 0 Å². The van der Waals surface area contributed by atoms with Gasteiger partial charge < -0.3 is 9.80 Å². The first-order valence-corrected chi connectivity index (χ1v) is 10.3. The van der Waals surface area contributed by atoms with Crippen molar-refractivity contribution < 1.29 is 4.79 Å². The number of urea groups is 1. The lowest BCUT2D eigenvalue weighted by molar-refractivity contribution is 0.0371. The van der Waals surface area contributed by atoms with E-state index in [0.29, 0.717) is 5.41 Å². The van der Waals surface area contributed by atoms with E-state index in [0.717, 1.165) is 69.8 Å². The number of hydrogen-bond acceptors (Lipinski definition) is 3. The van der Waals surface area contributed by atoms with Gasteiger partial charge in [-0.15, -0.1) is 0 Å². The Morgan fingerprint density at radius 3 is 2.26 bits per heavy atom. The van der Waals surface area contributed by atoms with E-state index in [4.69, 9.17) is 0 Å². The second-order valence-electron chi connectivity index (χ2n) is 7.99. The molecule has 5 heteroatoms. The summed E-state index contributed by atoms with van der Waals surface area (Å²) in [6.45, 7) is 10.5. The second-order valence-corrected chi connectivity index (χ2v) is 7.99. The number of benzene rings is 1. The van der Waals surface area contributed by atoms with Gasteiger partial charge in [0.2, 0.25) is 0 Å². The van der Waals surface area contributed by atoms with Crippen LogP contribution in [0, 0.1) is 16.7 Å². The molecule has 0 aromatic heterocycles. The standard InChI is InChI=1S/C22H32N4O/c1-3-25(4-2)21(27)26-15-11-22(12-16-26)9-13-24(14-10-22)18-20-8-6-5-7-19(20)17-23/h5-8H,3-4,9-16,18H2,1-2H3. The van der Waals surface area contributed by atoms with E-state index in [1.54, 1.807) is 0 Å². The maximum Gasteiger partial charge on any atom is 0.319 e. The minimum absolute atomic E-state index is 0.209. The molecule has 0 bridgehead atoms. The zero-order valence-electron chi connectivity index (χ0n) is 16.8. The summed E-state index contributed by atoms with van der Waals surface area (Å²) in [6.07, 6.45) is 4.66. The molecule has 3 rings (SSSR count). The van der Waals surface area contributed by atoms with Crippen molar-refractivity contribution in [2.45, 2.75) is 46.1 Å². The first-order chi connectivity index (χ1) is 13.1. The van der Waals surface area contributed by atoms with Gasteiger partial charge in [-0.1, -0.05) is 18.2 Å². The van der Waals surface area contributed by atoms with E-state index in [9.17, 15) is 10.1 Å². The van der Waals surface area contributed by atoms with E-state index >= 15 is 0 Å². The number of piperidine rings is 2. The van der Waals surface area contributed by atoms with Crippen molar-refractivity contribution in [1.82, 2.24) is 14.7 Å². The highest BCUT2D eigenvalue weighted by Gasteiger charge is 2.39. The van der Waals surface area contributed by atoms with Crippen molar-refractivity contribution in [3.63, 3.8) is 0 Å². The van der Waals surface area contributed by atoms with Crippen LogP contribution >= 0.6 is 0 Å². The van der Waals surface area contributed by atoms with Crippen molar-refractivity contribution in [1.29, 1.82) is 5.26 Å². The molecule has 2 heterocycles. The third-order valence-electron chi connectivity index (χ3n) is 6.58. The average Bonchev–Trinajstić information content (AvgIpc) is 2.72. The zero-order valence-corrected chi connectivity index (χ0v) is 16.8. The van der Waals surface area contributed by atoms with Crippen molar-refractivity contribution in [3.05, 3.63) is 35.4 Å². The molecule has 2 saturated heterocycles. The molecule has 1 spiro atoms. The molecule has 0 atom stereocenters. The predicted octanol–water partition coefficient (Wildman–Crippen LogP) is 3.70. The number of hydrogen-bond donors (Lipinski definition) is 0. The average molecular weight is 369 g/mol. The molecule has 146 valence electrons. The molecule has 27 heavy (non-hydrogen) atoms. The molecular weight excluding hydrogens is 336 g/mol. The van der Waals surface area contributed by atoms with Gasteiger partial charge >= 0.3 is 6.03 Å². The monoisotopic (exact) mass is 368 g/mol. The molecule has 2 aliphatic rings. The van der Waals surface area contributed by atoms with Gasteiger partial charge in [-0.3, -0.25) is 4.90 Å². The highest BCUT2D eigenvalue weighted by molar-refractivity contribution is 5.74. The third kappa shape index (κ3) is 4.44. The smallest absolute Gasteiger partial charge is 0.319 e. The topological polar surface area (TPSA) is 50.6 Å². The maximum atomic E-state index is 12.6. The molecule has 0 radical (unpaired) electrons. The Kier molecular flexibility index (Phi) is 6.38. The highest BCUT2D eigenvalue weighted by Crippen LogP contribution is 2.41. The van der Waals surface area contributed by atoms with Crippen molar-refractivity contribution in [3.8, 4) is 6.07 Å². The molecule has 0 aliphatic carbocycles. The predicted molar refractivity (Wildman–Crippen MR) is 107 cm³/mol. The van der Waals surface area contributed by atoms with Gasteiger partial charge in [0.1, 0.15) is 0 Å². The van der Waals surface area contributed by atoms with Crippen LogP contribution < -0.4 is 0 Å². The quantitative estimate of drug-likeness (QED) is 0.814. The summed E-state index contributed by atoms with van der Waals surface area (Å²) >= 11 is 0. The highest BCUT2D eigenvalue weighted by atomic mass is 16.2. The first-order valence-electron chi connectivity index (χ1n) is 10.3. The summed E-state index contributed by atoms with van der Waals surface area (Å²) in [5, 5.41) is 9.29. The van der Waals surface area contributed by atoms with Crippen molar-refractivity contribution in [2.24, 2.45) is 5.41 Å². The lowest BCUT2D eigenvalue weighted by Crippen LogP contribution is -2.51. The van der Waals surface area contributed by atoms with E-state index in [2.05, 4.69) is 17.0 Å². The number of rotatable bonds is 4. The van der Waals surface area contributed by atoms with Crippen molar-refractivity contribution in [2.75, 3.05) is 39.3 Å². The SMILES string of the molecule is CCN(CC)C(=O)N1CCC2(CCN(Cc3ccccc3C#N)CC2)CC1. The molecule has 0 saturated carbocycles. The van der Waals surface area contributed by atoms with Gasteiger partial charge in [0, 0.05) is 32.7 Å². The van der Waals surface area contributed by atoms with Crippen LogP contribution in [-0.4, -0.2) is 60.0 Å². The summed E-state index contributed by atoms with van der Waals surface area (Å²) in [4.78, 5) is 19.0. The number of likely N-dealkylation sites (tertiary alicyclic amines) is 2. The number of amides is 2. The molecule has 5 nitrogen and oxygen atoms in total. The second kappa shape index (κ2) is 8.75. The molecule has 0 unspecified atom stereocenters. The van der Waals surface area contributed by atoms with E-state index < -0.39 is 0 Å². The largest absolute Gasteiger partial charge is 0.325 e. The Hall–Kier alpha value is -2.06. The molecule has 2 amide bonds. The van der Waals surface area contributed by atoms with Crippen LogP contribution in [0.2, 0.25) is 0 Å². The molecule has 1 aromatic rings. The Labute approximate surface area is 163 Å². The molecular formula is C22H32N4O. The summed E-state index contributed by atoms with van der Waals surface area (Å²) in [7, 11) is 0. The Bertz CT molecular complexity index is 674. The third-order valence-corrected chi connectivity index (χ3v) is 6.58. The number of carbonyl (C=O) groups is 1. The zero-order chi connectivity index (χ0) is 19.3. The summed E-state index contributed by atoms with van der Waals surface area (Å²) < 4.78 is 0. The minimum atomic E-state index is 0.209. The minimum Gasteiger partial charge on any atom is -0.325 e. The first kappa shape index (κ1) is 19.7. The van der Waals surface area contributed by atoms with Gasteiger partial charge in [-0.25, -0.2) is 4.79 Å². The summed E-state index contributed by atoms with van der Waals surface area (Å²) in [6, 6.07) is 10.4. The van der Waals surface area contributed by atoms with Gasteiger partial charge in [-0.05, 0) is 69.7 Å². The summed E-state index contributed by atoms with van der Waals surface area (Å²) in [5.74, 6) is 0. The molecule has 2 aliphatic heterocycles. The van der Waals surface area contributed by atoms with Crippen LogP contribution in [0.4, 0.5) is 4.79 Å². The fourth-order valence-electron chi connectivity index (χ4n) is 4.56. The van der Waals surface area contributed by atoms with Crippen molar-refractivity contribution >= 4 is 6.03 Å². The number of carbonyl (C=O) groups excluding carboxylic acids is 1. The Morgan fingerprint density at radius 2 is 1.67 bits per heavy atom. The van der Waals surface area contributed by atoms with Gasteiger partial charge in [0.15, 0.2) is 0 Å². The van der Waals surface area contributed by atoms with Crippen LogP contribution in [0.3, 0.4) is 0 Å². The fraction of sp³-hybridized carbons (Fsp3) is 0.636. The van der Waals surface area contributed by atoms with Crippen LogP contribution in [0.15, 0.2) is 24.3 Å². The Morgan fingerprint density at radius 1 is 1.07 bits per heavy atom. The van der Waals surface area contributed by atoms with Crippen LogP contribution in [0.25, 0.3) is 0 Å². The fourth-order valence-corrected chi connectivity index (χ4v) is 4.56. The molecule has 1 aromatic carbocycles. The molecule has 2 fully saturated rings. The maximum absolute atomic E-state index is 12.6. The van der Waals surface area contributed by atoms with Gasteiger partial charge in [-0.2, -0.15) is 5.26 Å². The Balaban J connectivity index is 1.51. The van der Waals surface area contributed by atoms with Gasteiger partial charge in [0.05, 0.1) is 11.6 Å². The van der Waals surface area contributed by atoms with Crippen LogP contribution in [-0.2, 0) is 6.54 Å². The van der Waals surface area contributed by atoms with E-state index in [1.807, 2.05) is 41.8 Å². The lowest BCUT2D eigenvalue weighted by Gasteiger charge is -2.47. The van der Waals surface area contributed by atoms with Crippen LogP contribution in [0.5, 0.6) is 0 Å². The lowest BCUT2D eigenvalue weighted by atomic mass is 9.71.